The van der Waals surface area contributed by atoms with Crippen LogP contribution >= 0.6 is 35.0 Å². The van der Waals surface area contributed by atoms with Crippen LogP contribution in [0.25, 0.3) is 0 Å². The second kappa shape index (κ2) is 12.3. The Hall–Kier alpha value is -2.75. The number of nitrogens with one attached hydrogen (secondary N) is 2. The molecule has 0 aliphatic heterocycles. The third-order valence-electron chi connectivity index (χ3n) is 5.12. The molecule has 0 fully saturated rings. The Bertz CT molecular complexity index is 1160. The SMILES string of the molecule is CCn1c(SCC(=O)Nc2cc(Cl)cc(Cl)c2)nnc1[C@H](NC(=O)c1ccc(OC)cc1)C(C)C. The number of carbonyl (C=O) groups is 2. The van der Waals surface area contributed by atoms with E-state index in [2.05, 4.69) is 20.8 Å². The van der Waals surface area contributed by atoms with Crippen molar-refractivity contribution in [2.45, 2.75) is 38.5 Å². The standard InChI is InChI=1S/C24H27Cl2N5O3S/c1-5-31-22(21(14(2)3)28-23(33)15-6-8-19(34-4)9-7-15)29-30-24(31)35-13-20(32)27-18-11-16(25)10-17(26)12-18/h6-12,14,21H,5,13H2,1-4H3,(H,27,32)(H,28,33)/t21-/m1/s1. The van der Waals surface area contributed by atoms with E-state index in [4.69, 9.17) is 27.9 Å². The van der Waals surface area contributed by atoms with Crippen molar-refractivity contribution >= 4 is 52.5 Å². The highest BCUT2D eigenvalue weighted by Gasteiger charge is 2.26. The molecular weight excluding hydrogens is 509 g/mol. The first-order chi connectivity index (χ1) is 16.7. The summed E-state index contributed by atoms with van der Waals surface area (Å²) in [6.45, 7) is 6.56. The Balaban J connectivity index is 1.70. The fraction of sp³-hybridized carbons (Fsp3) is 0.333. The van der Waals surface area contributed by atoms with Crippen LogP contribution in [0.15, 0.2) is 47.6 Å². The zero-order valence-corrected chi connectivity index (χ0v) is 22.2. The number of aromatic nitrogens is 3. The number of methoxy groups -OCH3 is 1. The number of carbonyl (C=O) groups excluding carboxylic acids is 2. The third-order valence-corrected chi connectivity index (χ3v) is 6.53. The summed E-state index contributed by atoms with van der Waals surface area (Å²) in [6, 6.07) is 11.4. The quantitative estimate of drug-likeness (QED) is 0.334. The predicted molar refractivity (Wildman–Crippen MR) is 140 cm³/mol. The molecule has 0 bridgehead atoms. The first kappa shape index (κ1) is 26.8. The number of amides is 2. The summed E-state index contributed by atoms with van der Waals surface area (Å²) in [6.07, 6.45) is 0. The lowest BCUT2D eigenvalue weighted by Gasteiger charge is -2.22. The molecule has 8 nitrogen and oxygen atoms in total. The molecule has 1 aromatic heterocycles. The molecule has 0 radical (unpaired) electrons. The van der Waals surface area contributed by atoms with E-state index < -0.39 is 0 Å². The van der Waals surface area contributed by atoms with Gasteiger partial charge in [-0.05, 0) is 55.3 Å². The van der Waals surface area contributed by atoms with Crippen molar-refractivity contribution in [3.63, 3.8) is 0 Å². The van der Waals surface area contributed by atoms with Crippen LogP contribution in [0.2, 0.25) is 10.0 Å². The van der Waals surface area contributed by atoms with E-state index >= 15 is 0 Å². The molecule has 0 aliphatic rings. The lowest BCUT2D eigenvalue weighted by atomic mass is 10.0. The van der Waals surface area contributed by atoms with Crippen molar-refractivity contribution in [1.29, 1.82) is 0 Å². The van der Waals surface area contributed by atoms with Gasteiger partial charge in [-0.3, -0.25) is 9.59 Å². The van der Waals surface area contributed by atoms with Crippen molar-refractivity contribution in [2.75, 3.05) is 18.2 Å². The Labute approximate surface area is 218 Å². The van der Waals surface area contributed by atoms with Crippen LogP contribution in [0.5, 0.6) is 5.75 Å². The van der Waals surface area contributed by atoms with E-state index in [1.54, 1.807) is 49.6 Å². The van der Waals surface area contributed by atoms with Crippen LogP contribution in [0.3, 0.4) is 0 Å². The second-order valence-electron chi connectivity index (χ2n) is 8.00. The topological polar surface area (TPSA) is 98.1 Å². The van der Waals surface area contributed by atoms with Gasteiger partial charge in [0.1, 0.15) is 5.75 Å². The van der Waals surface area contributed by atoms with Crippen LogP contribution in [0.4, 0.5) is 5.69 Å². The van der Waals surface area contributed by atoms with Crippen LogP contribution in [0, 0.1) is 5.92 Å². The van der Waals surface area contributed by atoms with E-state index in [0.717, 1.165) is 0 Å². The number of ether oxygens (including phenoxy) is 1. The molecule has 0 spiro atoms. The summed E-state index contributed by atoms with van der Waals surface area (Å²) in [7, 11) is 1.58. The largest absolute Gasteiger partial charge is 0.497 e. The molecule has 35 heavy (non-hydrogen) atoms. The summed E-state index contributed by atoms with van der Waals surface area (Å²) in [5.41, 5.74) is 1.04. The minimum Gasteiger partial charge on any atom is -0.497 e. The monoisotopic (exact) mass is 535 g/mol. The summed E-state index contributed by atoms with van der Waals surface area (Å²) >= 11 is 13.3. The van der Waals surface area contributed by atoms with Gasteiger partial charge in [-0.15, -0.1) is 10.2 Å². The molecule has 0 unspecified atom stereocenters. The Morgan fingerprint density at radius 2 is 1.74 bits per heavy atom. The molecule has 186 valence electrons. The average Bonchev–Trinajstić information content (AvgIpc) is 3.22. The fourth-order valence-corrected chi connectivity index (χ4v) is 4.72. The molecular formula is C24H27Cl2N5O3S. The van der Waals surface area contributed by atoms with Crippen LogP contribution in [0.1, 0.15) is 43.0 Å². The molecule has 1 atom stereocenters. The average molecular weight is 536 g/mol. The Morgan fingerprint density at radius 1 is 1.09 bits per heavy atom. The Morgan fingerprint density at radius 3 is 2.31 bits per heavy atom. The van der Waals surface area contributed by atoms with Gasteiger partial charge in [0.25, 0.3) is 5.91 Å². The highest BCUT2D eigenvalue weighted by molar-refractivity contribution is 7.99. The first-order valence-corrected chi connectivity index (χ1v) is 12.7. The van der Waals surface area contributed by atoms with Gasteiger partial charge in [-0.25, -0.2) is 0 Å². The van der Waals surface area contributed by atoms with Crippen molar-refractivity contribution in [3.8, 4) is 5.75 Å². The van der Waals surface area contributed by atoms with Gasteiger partial charge < -0.3 is 19.9 Å². The summed E-state index contributed by atoms with van der Waals surface area (Å²) in [5, 5.41) is 16.0. The minimum absolute atomic E-state index is 0.0559. The van der Waals surface area contributed by atoms with Gasteiger partial charge in [0, 0.05) is 27.8 Å². The summed E-state index contributed by atoms with van der Waals surface area (Å²) < 4.78 is 7.07. The lowest BCUT2D eigenvalue weighted by molar-refractivity contribution is -0.113. The molecule has 2 N–H and O–H groups in total. The fourth-order valence-electron chi connectivity index (χ4n) is 3.38. The number of hydrogen-bond donors (Lipinski definition) is 2. The summed E-state index contributed by atoms with van der Waals surface area (Å²) in [4.78, 5) is 25.4. The van der Waals surface area contributed by atoms with Crippen LogP contribution in [-0.2, 0) is 11.3 Å². The third kappa shape index (κ3) is 7.13. The van der Waals surface area contributed by atoms with Crippen molar-refractivity contribution in [3.05, 3.63) is 63.9 Å². The smallest absolute Gasteiger partial charge is 0.251 e. The van der Waals surface area contributed by atoms with Gasteiger partial charge >= 0.3 is 0 Å². The zero-order chi connectivity index (χ0) is 25.5. The zero-order valence-electron chi connectivity index (χ0n) is 19.8. The number of nitrogens with zero attached hydrogens (tertiary/aromatic N) is 3. The Kier molecular flexibility index (Phi) is 9.42. The van der Waals surface area contributed by atoms with Gasteiger partial charge in [0.2, 0.25) is 5.91 Å². The maximum Gasteiger partial charge on any atom is 0.251 e. The maximum atomic E-state index is 12.9. The van der Waals surface area contributed by atoms with Gasteiger partial charge in [0.05, 0.1) is 18.9 Å². The molecule has 3 rings (SSSR count). The molecule has 0 saturated carbocycles. The number of halogens is 2. The first-order valence-electron chi connectivity index (χ1n) is 11.0. The minimum atomic E-state index is -0.367. The predicted octanol–water partition coefficient (Wildman–Crippen LogP) is 5.47. The number of thioether (sulfide) groups is 1. The normalized spacial score (nSPS) is 11.9. The highest BCUT2D eigenvalue weighted by Crippen LogP contribution is 2.27. The van der Waals surface area contributed by atoms with Crippen LogP contribution < -0.4 is 15.4 Å². The van der Waals surface area contributed by atoms with Crippen molar-refractivity contribution in [2.24, 2.45) is 5.92 Å². The van der Waals surface area contributed by atoms with Crippen LogP contribution in [-0.4, -0.2) is 39.4 Å². The number of benzene rings is 2. The lowest BCUT2D eigenvalue weighted by Crippen LogP contribution is -2.33. The molecule has 11 heteroatoms. The van der Waals surface area contributed by atoms with E-state index in [-0.39, 0.29) is 29.5 Å². The molecule has 0 saturated heterocycles. The number of anilines is 1. The molecule has 2 aromatic carbocycles. The molecule has 3 aromatic rings. The summed E-state index contributed by atoms with van der Waals surface area (Å²) in [5.74, 6) is 1.04. The number of rotatable bonds is 10. The maximum absolute atomic E-state index is 12.9. The number of hydrogen-bond acceptors (Lipinski definition) is 6. The second-order valence-corrected chi connectivity index (χ2v) is 9.82. The molecule has 1 heterocycles. The van der Waals surface area contributed by atoms with Gasteiger partial charge in [-0.2, -0.15) is 0 Å². The molecule has 0 aliphatic carbocycles. The van der Waals surface area contributed by atoms with Crippen molar-refractivity contribution in [1.82, 2.24) is 20.1 Å². The van der Waals surface area contributed by atoms with E-state index in [9.17, 15) is 9.59 Å². The van der Waals surface area contributed by atoms with E-state index in [1.807, 2.05) is 25.3 Å². The van der Waals surface area contributed by atoms with Crippen molar-refractivity contribution < 1.29 is 14.3 Å². The molecule has 2 amide bonds. The highest BCUT2D eigenvalue weighted by atomic mass is 35.5. The van der Waals surface area contributed by atoms with E-state index in [0.29, 0.717) is 44.6 Å². The van der Waals surface area contributed by atoms with E-state index in [1.165, 1.54) is 11.8 Å². The van der Waals surface area contributed by atoms with Gasteiger partial charge in [0.15, 0.2) is 11.0 Å². The van der Waals surface area contributed by atoms with Gasteiger partial charge in [-0.1, -0.05) is 48.8 Å².